The van der Waals surface area contributed by atoms with E-state index in [1.54, 1.807) is 19.5 Å². The minimum Gasteiger partial charge on any atom is -0.495 e. The molecule has 1 fully saturated rings. The maximum absolute atomic E-state index is 5.24. The topological polar surface area (TPSA) is 64.3 Å². The summed E-state index contributed by atoms with van der Waals surface area (Å²) in [5.74, 6) is 2.50. The molecular formula is C16H17N5O. The molecule has 3 aromatic heterocycles. The number of nitrogens with one attached hydrogen (secondary N) is 1. The first-order chi connectivity index (χ1) is 10.8. The number of hydrogen-bond donors (Lipinski definition) is 1. The first kappa shape index (κ1) is 13.1. The number of ether oxygens (including phenoxy) is 1. The summed E-state index contributed by atoms with van der Waals surface area (Å²) in [4.78, 5) is 8.67. The van der Waals surface area contributed by atoms with Crippen LogP contribution in [0.2, 0.25) is 0 Å². The highest BCUT2D eigenvalue weighted by atomic mass is 16.5. The summed E-state index contributed by atoms with van der Waals surface area (Å²) in [6.07, 6.45) is 9.75. The Balaban J connectivity index is 1.73. The van der Waals surface area contributed by atoms with Gasteiger partial charge in [0, 0.05) is 30.1 Å². The monoisotopic (exact) mass is 295 g/mol. The van der Waals surface area contributed by atoms with Gasteiger partial charge in [-0.05, 0) is 30.9 Å². The third kappa shape index (κ3) is 2.36. The van der Waals surface area contributed by atoms with Gasteiger partial charge in [0.15, 0.2) is 5.65 Å². The normalized spacial score (nSPS) is 14.2. The molecule has 1 aliphatic carbocycles. The van der Waals surface area contributed by atoms with Gasteiger partial charge in [0.05, 0.1) is 19.5 Å². The predicted octanol–water partition coefficient (Wildman–Crippen LogP) is 2.62. The minimum absolute atomic E-state index is 0.722. The van der Waals surface area contributed by atoms with E-state index in [1.165, 1.54) is 12.8 Å². The number of aromatic nitrogens is 4. The van der Waals surface area contributed by atoms with Gasteiger partial charge in [-0.2, -0.15) is 9.61 Å². The number of anilines is 1. The third-order valence-electron chi connectivity index (χ3n) is 3.93. The first-order valence-electron chi connectivity index (χ1n) is 7.41. The maximum atomic E-state index is 5.24. The number of fused-ring (bicyclic) bond motifs is 1. The molecule has 1 N–H and O–H groups in total. The molecule has 0 unspecified atom stereocenters. The van der Waals surface area contributed by atoms with Crippen LogP contribution in [-0.2, 0) is 0 Å². The summed E-state index contributed by atoms with van der Waals surface area (Å²) >= 11 is 0. The zero-order valence-electron chi connectivity index (χ0n) is 12.4. The average Bonchev–Trinajstić information content (AvgIpc) is 3.29. The van der Waals surface area contributed by atoms with Gasteiger partial charge in [0.25, 0.3) is 0 Å². The second kappa shape index (κ2) is 5.29. The van der Waals surface area contributed by atoms with Crippen molar-refractivity contribution in [1.29, 1.82) is 0 Å². The summed E-state index contributed by atoms with van der Waals surface area (Å²) in [6.45, 7) is 0.995. The SMILES string of the molecule is COc1cncc(-c2cnn3c(NCC4CC4)ccnc23)c1. The van der Waals surface area contributed by atoms with E-state index in [0.29, 0.717) is 0 Å². The first-order valence-corrected chi connectivity index (χ1v) is 7.41. The van der Waals surface area contributed by atoms with E-state index < -0.39 is 0 Å². The molecule has 6 heteroatoms. The third-order valence-corrected chi connectivity index (χ3v) is 3.93. The molecule has 3 heterocycles. The Morgan fingerprint density at radius 1 is 1.32 bits per heavy atom. The molecule has 4 rings (SSSR count). The molecule has 1 saturated carbocycles. The lowest BCUT2D eigenvalue weighted by molar-refractivity contribution is 0.413. The van der Waals surface area contributed by atoms with Gasteiger partial charge in [-0.25, -0.2) is 4.98 Å². The summed E-state index contributed by atoms with van der Waals surface area (Å²) in [7, 11) is 1.63. The van der Waals surface area contributed by atoms with Gasteiger partial charge in [-0.1, -0.05) is 0 Å². The van der Waals surface area contributed by atoms with Crippen LogP contribution in [0.25, 0.3) is 16.8 Å². The Bertz CT molecular complexity index is 809. The van der Waals surface area contributed by atoms with Gasteiger partial charge in [-0.15, -0.1) is 0 Å². The van der Waals surface area contributed by atoms with Gasteiger partial charge < -0.3 is 10.1 Å². The van der Waals surface area contributed by atoms with Crippen molar-refractivity contribution in [3.63, 3.8) is 0 Å². The largest absolute Gasteiger partial charge is 0.495 e. The smallest absolute Gasteiger partial charge is 0.165 e. The van der Waals surface area contributed by atoms with Crippen LogP contribution in [0.4, 0.5) is 5.82 Å². The van der Waals surface area contributed by atoms with Crippen LogP contribution in [0.15, 0.2) is 36.9 Å². The average molecular weight is 295 g/mol. The van der Waals surface area contributed by atoms with Crippen LogP contribution in [0.5, 0.6) is 5.75 Å². The number of rotatable bonds is 5. The molecule has 22 heavy (non-hydrogen) atoms. The lowest BCUT2D eigenvalue weighted by Gasteiger charge is -2.07. The van der Waals surface area contributed by atoms with Crippen molar-refractivity contribution in [3.8, 4) is 16.9 Å². The van der Waals surface area contributed by atoms with Gasteiger partial charge in [0.1, 0.15) is 11.6 Å². The van der Waals surface area contributed by atoms with Crippen LogP contribution < -0.4 is 10.1 Å². The zero-order chi connectivity index (χ0) is 14.9. The highest BCUT2D eigenvalue weighted by Gasteiger charge is 2.21. The standard InChI is InChI=1S/C16H17N5O/c1-22-13-6-12(8-17-9-13)14-10-20-21-15(4-5-18-16(14)21)19-7-11-2-3-11/h4-6,8-11,19H,2-3,7H2,1H3. The molecule has 1 aliphatic rings. The van der Waals surface area contributed by atoms with Crippen LogP contribution in [-0.4, -0.2) is 33.2 Å². The number of pyridine rings is 1. The second-order valence-corrected chi connectivity index (χ2v) is 5.56. The molecule has 0 aromatic carbocycles. The Hall–Kier alpha value is -2.63. The highest BCUT2D eigenvalue weighted by molar-refractivity contribution is 5.78. The molecule has 0 spiro atoms. The van der Waals surface area contributed by atoms with Crippen LogP contribution >= 0.6 is 0 Å². The molecule has 0 amide bonds. The number of methoxy groups -OCH3 is 1. The molecule has 0 aliphatic heterocycles. The summed E-state index contributed by atoms with van der Waals surface area (Å²) in [5, 5.41) is 7.93. The van der Waals surface area contributed by atoms with E-state index in [1.807, 2.05) is 29.0 Å². The van der Waals surface area contributed by atoms with Crippen LogP contribution in [0.1, 0.15) is 12.8 Å². The predicted molar refractivity (Wildman–Crippen MR) is 84.0 cm³/mol. The van der Waals surface area contributed by atoms with Crippen LogP contribution in [0, 0.1) is 5.92 Å². The molecule has 0 radical (unpaired) electrons. The van der Waals surface area contributed by atoms with Crippen molar-refractivity contribution in [2.45, 2.75) is 12.8 Å². The fraction of sp³-hybridized carbons (Fsp3) is 0.312. The fourth-order valence-electron chi connectivity index (χ4n) is 2.48. The van der Waals surface area contributed by atoms with Crippen LogP contribution in [0.3, 0.4) is 0 Å². The molecule has 6 nitrogen and oxygen atoms in total. The number of nitrogens with zero attached hydrogens (tertiary/aromatic N) is 4. The van der Waals surface area contributed by atoms with Gasteiger partial charge in [0.2, 0.25) is 0 Å². The summed E-state index contributed by atoms with van der Waals surface area (Å²) in [5.41, 5.74) is 2.71. The second-order valence-electron chi connectivity index (χ2n) is 5.56. The van der Waals surface area contributed by atoms with Crippen molar-refractivity contribution >= 4 is 11.5 Å². The van der Waals surface area contributed by atoms with Crippen molar-refractivity contribution < 1.29 is 4.74 Å². The molecule has 0 atom stereocenters. The minimum atomic E-state index is 0.722. The molecule has 0 bridgehead atoms. The molecule has 3 aromatic rings. The lowest BCUT2D eigenvalue weighted by atomic mass is 10.1. The van der Waals surface area contributed by atoms with Crippen molar-refractivity contribution in [1.82, 2.24) is 19.6 Å². The Labute approximate surface area is 128 Å². The highest BCUT2D eigenvalue weighted by Crippen LogP contribution is 2.30. The Morgan fingerprint density at radius 2 is 2.23 bits per heavy atom. The van der Waals surface area contributed by atoms with Crippen molar-refractivity contribution in [2.24, 2.45) is 5.92 Å². The molecule has 112 valence electrons. The van der Waals surface area contributed by atoms with Crippen molar-refractivity contribution in [3.05, 3.63) is 36.9 Å². The van der Waals surface area contributed by atoms with Crippen molar-refractivity contribution in [2.75, 3.05) is 19.0 Å². The molecular weight excluding hydrogens is 278 g/mol. The van der Waals surface area contributed by atoms with Gasteiger partial charge in [-0.3, -0.25) is 4.98 Å². The lowest BCUT2D eigenvalue weighted by Crippen LogP contribution is -2.08. The van der Waals surface area contributed by atoms with E-state index in [2.05, 4.69) is 20.4 Å². The van der Waals surface area contributed by atoms with E-state index in [9.17, 15) is 0 Å². The summed E-state index contributed by atoms with van der Waals surface area (Å²) < 4.78 is 7.08. The zero-order valence-corrected chi connectivity index (χ0v) is 12.4. The van der Waals surface area contributed by atoms with Gasteiger partial charge >= 0.3 is 0 Å². The molecule has 0 saturated heterocycles. The Kier molecular flexibility index (Phi) is 3.14. The van der Waals surface area contributed by atoms with E-state index in [0.717, 1.165) is 40.8 Å². The number of hydrogen-bond acceptors (Lipinski definition) is 5. The summed E-state index contributed by atoms with van der Waals surface area (Å²) in [6, 6.07) is 3.89. The van der Waals surface area contributed by atoms with E-state index >= 15 is 0 Å². The quantitative estimate of drug-likeness (QED) is 0.784. The fourth-order valence-corrected chi connectivity index (χ4v) is 2.48. The maximum Gasteiger partial charge on any atom is 0.165 e. The Morgan fingerprint density at radius 3 is 3.05 bits per heavy atom. The van der Waals surface area contributed by atoms with E-state index in [4.69, 9.17) is 4.74 Å². The van der Waals surface area contributed by atoms with E-state index in [-0.39, 0.29) is 0 Å².